The second-order valence-electron chi connectivity index (χ2n) is 5.27. The number of aliphatic hydroxyl groups is 4. The van der Waals surface area contributed by atoms with Gasteiger partial charge in [0, 0.05) is 11.6 Å². The first-order valence-electron chi connectivity index (χ1n) is 6.84. The van der Waals surface area contributed by atoms with E-state index in [-0.39, 0.29) is 11.8 Å². The van der Waals surface area contributed by atoms with Crippen molar-refractivity contribution in [2.45, 2.75) is 26.4 Å². The van der Waals surface area contributed by atoms with Crippen LogP contribution in [0.5, 0.6) is 0 Å². The Labute approximate surface area is 138 Å². The smallest absolute Gasteiger partial charge is 0.255 e. The van der Waals surface area contributed by atoms with Crippen molar-refractivity contribution in [2.24, 2.45) is 11.7 Å². The van der Waals surface area contributed by atoms with Crippen molar-refractivity contribution in [3.05, 3.63) is 47.7 Å². The summed E-state index contributed by atoms with van der Waals surface area (Å²) in [4.78, 5) is 35.7. The van der Waals surface area contributed by atoms with Crippen LogP contribution < -0.4 is 5.73 Å². The zero-order valence-corrected chi connectivity index (χ0v) is 13.6. The van der Waals surface area contributed by atoms with E-state index in [1.165, 1.54) is 20.8 Å². The van der Waals surface area contributed by atoms with Crippen molar-refractivity contribution < 1.29 is 34.8 Å². The van der Waals surface area contributed by atoms with Gasteiger partial charge in [-0.05, 0) is 18.9 Å². The zero-order chi connectivity index (χ0) is 19.2. The lowest BCUT2D eigenvalue weighted by Gasteiger charge is -2.28. The van der Waals surface area contributed by atoms with Crippen LogP contribution in [0.4, 0.5) is 0 Å². The van der Waals surface area contributed by atoms with Crippen LogP contribution in [0.3, 0.4) is 0 Å². The fraction of sp³-hybridized carbons (Fsp3) is 0.312. The van der Waals surface area contributed by atoms with Crippen molar-refractivity contribution in [1.29, 1.82) is 0 Å². The summed E-state index contributed by atoms with van der Waals surface area (Å²) < 4.78 is 0. The minimum atomic E-state index is -2.75. The van der Waals surface area contributed by atoms with E-state index in [0.717, 1.165) is 6.08 Å². The van der Waals surface area contributed by atoms with Crippen molar-refractivity contribution in [3.8, 4) is 0 Å². The van der Waals surface area contributed by atoms with Gasteiger partial charge in [-0.25, -0.2) is 0 Å². The first kappa shape index (κ1) is 21.1. The number of carbonyl (C=O) groups is 3. The van der Waals surface area contributed by atoms with Crippen LogP contribution in [0.25, 0.3) is 0 Å². The summed E-state index contributed by atoms with van der Waals surface area (Å²) in [6, 6.07) is 0. The molecule has 0 spiro atoms. The number of carbonyl (C=O) groups excluding carboxylic acids is 3. The molecule has 0 aliphatic carbocycles. The quantitative estimate of drug-likeness (QED) is 0.144. The third-order valence-corrected chi connectivity index (χ3v) is 3.43. The van der Waals surface area contributed by atoms with Crippen LogP contribution in [0.15, 0.2) is 47.7 Å². The lowest BCUT2D eigenvalue weighted by molar-refractivity contribution is -0.150. The molecule has 0 aromatic rings. The molecule has 6 N–H and O–H groups in total. The summed E-state index contributed by atoms with van der Waals surface area (Å²) in [5, 5.41) is 38.7. The first-order chi connectivity index (χ1) is 10.9. The Kier molecular flexibility index (Phi) is 7.14. The van der Waals surface area contributed by atoms with Gasteiger partial charge < -0.3 is 26.2 Å². The Morgan fingerprint density at radius 3 is 2.04 bits per heavy atom. The summed E-state index contributed by atoms with van der Waals surface area (Å²) >= 11 is 0. The molecule has 0 fully saturated rings. The maximum Gasteiger partial charge on any atom is 0.255 e. The van der Waals surface area contributed by atoms with Gasteiger partial charge in [-0.3, -0.25) is 14.4 Å². The summed E-state index contributed by atoms with van der Waals surface area (Å²) in [6.45, 7) is 7.19. The van der Waals surface area contributed by atoms with Gasteiger partial charge >= 0.3 is 0 Å². The van der Waals surface area contributed by atoms with Crippen LogP contribution in [0.2, 0.25) is 0 Å². The number of hydrogen-bond acceptors (Lipinski definition) is 7. The van der Waals surface area contributed by atoms with E-state index < -0.39 is 46.1 Å². The number of Topliss-reactive ketones (excluding diaryl/α,β-unsaturated/α-hetero) is 1. The Hall–Kier alpha value is -2.87. The zero-order valence-electron chi connectivity index (χ0n) is 13.6. The molecule has 8 nitrogen and oxygen atoms in total. The number of ketones is 2. The van der Waals surface area contributed by atoms with Gasteiger partial charge in [-0.15, -0.1) is 0 Å². The van der Waals surface area contributed by atoms with Crippen LogP contribution in [-0.4, -0.2) is 43.5 Å². The highest BCUT2D eigenvalue weighted by atomic mass is 16.3. The van der Waals surface area contributed by atoms with Crippen LogP contribution >= 0.6 is 0 Å². The summed E-state index contributed by atoms with van der Waals surface area (Å²) in [5.41, 5.74) is 1.09. The minimum absolute atomic E-state index is 0.101. The summed E-state index contributed by atoms with van der Waals surface area (Å²) in [6.07, 6.45) is 1.65. The molecule has 0 aromatic carbocycles. The number of hydrogen-bond donors (Lipinski definition) is 5. The Balaban J connectivity index is 6.11. The van der Waals surface area contributed by atoms with Gasteiger partial charge in [-0.1, -0.05) is 20.4 Å². The van der Waals surface area contributed by atoms with Gasteiger partial charge in [0.15, 0.2) is 11.4 Å². The highest BCUT2D eigenvalue weighted by Gasteiger charge is 2.48. The number of allylic oxidation sites excluding steroid dienone is 2. The lowest BCUT2D eigenvalue weighted by Crippen LogP contribution is -2.52. The monoisotopic (exact) mass is 339 g/mol. The van der Waals surface area contributed by atoms with E-state index in [1.807, 2.05) is 0 Å². The molecular weight excluding hydrogens is 318 g/mol. The third-order valence-electron chi connectivity index (χ3n) is 3.43. The van der Waals surface area contributed by atoms with Gasteiger partial charge in [0.2, 0.25) is 5.78 Å². The standard InChI is InChI=1S/C16H21NO7/c1-5-11(19)9(4)12(20)6-13(21)16(24,8(2)3)14(22)10(7-18)15(17)23/h5-8,18-20,24H,1H2,2-4H3,(H2,17,23)/b10-7-,11-9-,12-6?. The van der Waals surface area contributed by atoms with Gasteiger partial charge in [0.25, 0.3) is 5.91 Å². The number of amides is 1. The molecule has 1 atom stereocenters. The van der Waals surface area contributed by atoms with E-state index in [9.17, 15) is 29.7 Å². The molecule has 1 amide bonds. The highest BCUT2D eigenvalue weighted by Crippen LogP contribution is 2.25. The molecule has 0 saturated carbocycles. The van der Waals surface area contributed by atoms with Crippen molar-refractivity contribution >= 4 is 17.5 Å². The molecule has 8 heteroatoms. The van der Waals surface area contributed by atoms with E-state index in [2.05, 4.69) is 6.58 Å². The van der Waals surface area contributed by atoms with E-state index in [1.54, 1.807) is 0 Å². The molecule has 0 rings (SSSR count). The maximum atomic E-state index is 12.3. The lowest BCUT2D eigenvalue weighted by atomic mass is 9.79. The number of nitrogens with two attached hydrogens (primary N) is 1. The average Bonchev–Trinajstić information content (AvgIpc) is 2.51. The fourth-order valence-corrected chi connectivity index (χ4v) is 1.72. The van der Waals surface area contributed by atoms with Crippen LogP contribution in [0, 0.1) is 5.92 Å². The van der Waals surface area contributed by atoms with Crippen LogP contribution in [0.1, 0.15) is 20.8 Å². The fourth-order valence-electron chi connectivity index (χ4n) is 1.72. The summed E-state index contributed by atoms with van der Waals surface area (Å²) in [5.74, 6) is -6.13. The minimum Gasteiger partial charge on any atom is -0.515 e. The number of aliphatic hydroxyl groups excluding tert-OH is 3. The van der Waals surface area contributed by atoms with Crippen molar-refractivity contribution in [3.63, 3.8) is 0 Å². The van der Waals surface area contributed by atoms with E-state index >= 15 is 0 Å². The second kappa shape index (κ2) is 8.11. The predicted octanol–water partition coefficient (Wildman–Crippen LogP) is 0.899. The van der Waals surface area contributed by atoms with Gasteiger partial charge in [0.05, 0.1) is 6.26 Å². The molecule has 0 heterocycles. The Bertz CT molecular complexity index is 655. The Morgan fingerprint density at radius 2 is 1.71 bits per heavy atom. The van der Waals surface area contributed by atoms with Gasteiger partial charge in [0.1, 0.15) is 17.1 Å². The molecule has 0 bridgehead atoms. The number of primary amides is 1. The average molecular weight is 339 g/mol. The maximum absolute atomic E-state index is 12.3. The van der Waals surface area contributed by atoms with E-state index in [0.29, 0.717) is 6.08 Å². The van der Waals surface area contributed by atoms with Crippen LogP contribution in [-0.2, 0) is 14.4 Å². The normalized spacial score (nSPS) is 16.2. The van der Waals surface area contributed by atoms with Gasteiger partial charge in [-0.2, -0.15) is 0 Å². The molecule has 1 unspecified atom stereocenters. The Morgan fingerprint density at radius 1 is 1.21 bits per heavy atom. The SMILES string of the molecule is C=C/C(O)=C(\C)C(O)=CC(=O)C(O)(C(=O)/C(=C/O)C(N)=O)C(C)C. The molecule has 132 valence electrons. The van der Waals surface area contributed by atoms with Crippen molar-refractivity contribution in [1.82, 2.24) is 0 Å². The third kappa shape index (κ3) is 4.11. The number of rotatable bonds is 8. The summed E-state index contributed by atoms with van der Waals surface area (Å²) in [7, 11) is 0. The predicted molar refractivity (Wildman–Crippen MR) is 85.9 cm³/mol. The topological polar surface area (TPSA) is 158 Å². The molecule has 0 radical (unpaired) electrons. The molecule has 24 heavy (non-hydrogen) atoms. The molecular formula is C16H21NO7. The molecule has 0 saturated heterocycles. The largest absolute Gasteiger partial charge is 0.515 e. The van der Waals surface area contributed by atoms with Crippen molar-refractivity contribution in [2.75, 3.05) is 0 Å². The second-order valence-corrected chi connectivity index (χ2v) is 5.27. The molecule has 0 aliphatic rings. The highest BCUT2D eigenvalue weighted by molar-refractivity contribution is 6.29. The first-order valence-corrected chi connectivity index (χ1v) is 6.84. The van der Waals surface area contributed by atoms with E-state index in [4.69, 9.17) is 10.8 Å². The molecule has 0 aliphatic heterocycles. The molecule has 0 aromatic heterocycles.